The van der Waals surface area contributed by atoms with Crippen molar-refractivity contribution in [3.8, 4) is 11.1 Å². The van der Waals surface area contributed by atoms with Crippen LogP contribution >= 0.6 is 0 Å². The zero-order valence-corrected chi connectivity index (χ0v) is 22.0. The summed E-state index contributed by atoms with van der Waals surface area (Å²) in [6, 6.07) is 5.75. The molecule has 0 heterocycles. The molecule has 2 unspecified atom stereocenters. The van der Waals surface area contributed by atoms with Crippen LogP contribution < -0.4 is 0 Å². The lowest BCUT2D eigenvalue weighted by molar-refractivity contribution is -0.168. The van der Waals surface area contributed by atoms with Gasteiger partial charge < -0.3 is 0 Å². The minimum absolute atomic E-state index is 0.103. The van der Waals surface area contributed by atoms with Gasteiger partial charge in [-0.25, -0.2) is 26.3 Å². The molecule has 0 saturated heterocycles. The minimum atomic E-state index is -5.45. The quantitative estimate of drug-likeness (QED) is 0.244. The van der Waals surface area contributed by atoms with Crippen molar-refractivity contribution in [2.75, 3.05) is 0 Å². The summed E-state index contributed by atoms with van der Waals surface area (Å²) in [5.41, 5.74) is -7.74. The lowest BCUT2D eigenvalue weighted by atomic mass is 9.67. The Morgan fingerprint density at radius 2 is 1.37 bits per heavy atom. The van der Waals surface area contributed by atoms with E-state index in [1.54, 1.807) is 0 Å². The second-order valence-corrected chi connectivity index (χ2v) is 10.1. The molecule has 3 aromatic rings. The van der Waals surface area contributed by atoms with Crippen molar-refractivity contribution in [1.29, 1.82) is 0 Å². The zero-order chi connectivity index (χ0) is 30.1. The second-order valence-electron chi connectivity index (χ2n) is 10.1. The molecule has 0 spiro atoms. The van der Waals surface area contributed by atoms with Crippen molar-refractivity contribution in [3.63, 3.8) is 0 Å². The molecule has 0 aromatic heterocycles. The van der Waals surface area contributed by atoms with Gasteiger partial charge in [-0.15, -0.1) is 0 Å². The Bertz CT molecular complexity index is 1480. The molecule has 0 fully saturated rings. The number of rotatable bonds is 7. The maximum absolute atomic E-state index is 15.9. The highest BCUT2D eigenvalue weighted by Gasteiger charge is 2.61. The van der Waals surface area contributed by atoms with Crippen LogP contribution in [0.2, 0.25) is 0 Å². The molecular formula is C32H25F9. The highest BCUT2D eigenvalue weighted by Crippen LogP contribution is 2.54. The molecule has 0 radical (unpaired) electrons. The molecule has 0 amide bonds. The third kappa shape index (κ3) is 5.72. The van der Waals surface area contributed by atoms with E-state index in [1.807, 2.05) is 13.8 Å². The van der Waals surface area contributed by atoms with Crippen molar-refractivity contribution in [2.24, 2.45) is 5.92 Å². The van der Waals surface area contributed by atoms with Crippen molar-refractivity contribution in [1.82, 2.24) is 0 Å². The Morgan fingerprint density at radius 3 is 1.90 bits per heavy atom. The van der Waals surface area contributed by atoms with Crippen LogP contribution in [0.3, 0.4) is 0 Å². The van der Waals surface area contributed by atoms with E-state index < -0.39 is 74.3 Å². The first-order valence-corrected chi connectivity index (χ1v) is 12.8. The number of hydrogen-bond acceptors (Lipinski definition) is 0. The van der Waals surface area contributed by atoms with Gasteiger partial charge in [-0.3, -0.25) is 0 Å². The average Bonchev–Trinajstić information content (AvgIpc) is 3.10. The number of hydrogen-bond donors (Lipinski definition) is 0. The monoisotopic (exact) mass is 580 g/mol. The van der Waals surface area contributed by atoms with E-state index in [0.29, 0.717) is 36.2 Å². The van der Waals surface area contributed by atoms with Gasteiger partial charge >= 0.3 is 6.18 Å². The Morgan fingerprint density at radius 1 is 0.780 bits per heavy atom. The van der Waals surface area contributed by atoms with Crippen LogP contribution in [0.4, 0.5) is 39.5 Å². The van der Waals surface area contributed by atoms with Gasteiger partial charge in [0.15, 0.2) is 0 Å². The van der Waals surface area contributed by atoms with Crippen LogP contribution in [0.1, 0.15) is 43.4 Å². The normalized spacial score (nSPS) is 16.1. The zero-order valence-electron chi connectivity index (χ0n) is 22.0. The standard InChI is InChI=1S/C32H25F9/c1-3-18(2)13-19-14-25(35)29(26(36)15-19)20-16-27(37)30(28(38)17-20)31(32(39,40)41,22-8-11-24(34)12-9-22)21-5-4-6-23(33)10-7-21/h4-5,7-12,14-18H,3,6,13H2,1-2H3. The average molecular weight is 581 g/mol. The largest absolute Gasteiger partial charge is 0.406 e. The molecule has 3 aromatic carbocycles. The Kier molecular flexibility index (Phi) is 8.57. The Balaban J connectivity index is 2.00. The van der Waals surface area contributed by atoms with Crippen molar-refractivity contribution in [3.05, 3.63) is 130 Å². The predicted octanol–water partition coefficient (Wildman–Crippen LogP) is 10.2. The molecule has 1 aliphatic rings. The van der Waals surface area contributed by atoms with Crippen molar-refractivity contribution < 1.29 is 39.5 Å². The van der Waals surface area contributed by atoms with Crippen molar-refractivity contribution in [2.45, 2.75) is 44.7 Å². The van der Waals surface area contributed by atoms with Gasteiger partial charge in [-0.1, -0.05) is 50.6 Å². The van der Waals surface area contributed by atoms with Crippen LogP contribution in [-0.4, -0.2) is 6.18 Å². The maximum Gasteiger partial charge on any atom is 0.406 e. The SMILES string of the molecule is CCC(C)Cc1cc(F)c(-c2cc(F)c(C(C3=CC=C(F)CC=C3)(c3ccc(F)cc3)C(F)(F)F)c(F)c2)c(F)c1. The number of allylic oxidation sites excluding steroid dienone is 6. The third-order valence-electron chi connectivity index (χ3n) is 7.28. The molecule has 0 N–H and O–H groups in total. The highest BCUT2D eigenvalue weighted by atomic mass is 19.4. The van der Waals surface area contributed by atoms with Gasteiger partial charge in [0.25, 0.3) is 0 Å². The summed E-state index contributed by atoms with van der Waals surface area (Å²) in [4.78, 5) is 0. The second kappa shape index (κ2) is 11.6. The Hall–Kier alpha value is -3.75. The molecule has 0 aliphatic heterocycles. The Labute approximate surface area is 231 Å². The predicted molar refractivity (Wildman–Crippen MR) is 139 cm³/mol. The minimum Gasteiger partial charge on any atom is -0.211 e. The van der Waals surface area contributed by atoms with E-state index in [-0.39, 0.29) is 12.3 Å². The van der Waals surface area contributed by atoms with E-state index in [4.69, 9.17) is 0 Å². The lowest BCUT2D eigenvalue weighted by Crippen LogP contribution is -2.46. The number of halogens is 9. The summed E-state index contributed by atoms with van der Waals surface area (Å²) in [6.07, 6.45) is -1.29. The summed E-state index contributed by atoms with van der Waals surface area (Å²) >= 11 is 0. The van der Waals surface area contributed by atoms with Gasteiger partial charge in [0.05, 0.1) is 5.56 Å². The van der Waals surface area contributed by atoms with Gasteiger partial charge in [-0.05, 0) is 77.1 Å². The number of alkyl halides is 3. The smallest absolute Gasteiger partial charge is 0.211 e. The number of benzene rings is 3. The van der Waals surface area contributed by atoms with Gasteiger partial charge in [-0.2, -0.15) is 13.2 Å². The van der Waals surface area contributed by atoms with Crippen LogP contribution in [-0.2, 0) is 11.8 Å². The van der Waals surface area contributed by atoms with E-state index in [1.165, 1.54) is 0 Å². The van der Waals surface area contributed by atoms with Crippen LogP contribution in [0.25, 0.3) is 11.1 Å². The summed E-state index contributed by atoms with van der Waals surface area (Å²) in [5, 5.41) is 0. The molecule has 0 saturated carbocycles. The summed E-state index contributed by atoms with van der Waals surface area (Å²) in [7, 11) is 0. The first kappa shape index (κ1) is 30.2. The third-order valence-corrected chi connectivity index (χ3v) is 7.28. The van der Waals surface area contributed by atoms with E-state index in [9.17, 15) is 8.78 Å². The molecule has 0 nitrogen and oxygen atoms in total. The van der Waals surface area contributed by atoms with Crippen molar-refractivity contribution >= 4 is 0 Å². The highest BCUT2D eigenvalue weighted by molar-refractivity contribution is 5.68. The first-order chi connectivity index (χ1) is 19.3. The molecule has 4 rings (SSSR count). The van der Waals surface area contributed by atoms with Gasteiger partial charge in [0.2, 0.25) is 0 Å². The molecule has 216 valence electrons. The summed E-state index contributed by atoms with van der Waals surface area (Å²) in [6.45, 7) is 3.78. The van der Waals surface area contributed by atoms with Crippen LogP contribution in [0, 0.1) is 35.0 Å². The van der Waals surface area contributed by atoms with Crippen LogP contribution in [0.15, 0.2) is 84.2 Å². The summed E-state index contributed by atoms with van der Waals surface area (Å²) in [5.74, 6) is -7.38. The fraction of sp³-hybridized carbons (Fsp3) is 0.250. The van der Waals surface area contributed by atoms with E-state index >= 15 is 30.7 Å². The molecule has 41 heavy (non-hydrogen) atoms. The fourth-order valence-corrected chi connectivity index (χ4v) is 5.12. The molecule has 2 atom stereocenters. The lowest BCUT2D eigenvalue weighted by Gasteiger charge is -2.38. The molecule has 9 heteroatoms. The van der Waals surface area contributed by atoms with Gasteiger partial charge in [0.1, 0.15) is 40.3 Å². The first-order valence-electron chi connectivity index (χ1n) is 12.8. The topological polar surface area (TPSA) is 0 Å². The molecular weight excluding hydrogens is 555 g/mol. The van der Waals surface area contributed by atoms with Crippen LogP contribution in [0.5, 0.6) is 0 Å². The van der Waals surface area contributed by atoms with Gasteiger partial charge in [0, 0.05) is 12.0 Å². The maximum atomic E-state index is 15.9. The molecule has 1 aliphatic carbocycles. The summed E-state index contributed by atoms with van der Waals surface area (Å²) < 4.78 is 135. The van der Waals surface area contributed by atoms with E-state index in [2.05, 4.69) is 0 Å². The fourth-order valence-electron chi connectivity index (χ4n) is 5.12. The molecule has 0 bridgehead atoms. The van der Waals surface area contributed by atoms with E-state index in [0.717, 1.165) is 55.0 Å².